The molecule has 0 spiro atoms. The van der Waals surface area contributed by atoms with Crippen molar-refractivity contribution in [2.45, 2.75) is 0 Å². The molecule has 8 heteroatoms. The number of thiophene rings is 1. The van der Waals surface area contributed by atoms with E-state index in [0.717, 1.165) is 32.8 Å². The summed E-state index contributed by atoms with van der Waals surface area (Å²) in [5, 5.41) is 4.75. The molecule has 0 saturated carbocycles. The standard InChI is InChI=1S/C19H21N3O4S/c23-18-13-26-16-4-3-14(20-19(24)17-2-1-11-27-17)12-15(16)22(18)6-5-21-7-9-25-10-8-21/h1-4,11-12H,5-10,13H2,(H,20,24). The Kier molecular flexibility index (Phi) is 5.38. The number of hydrogen-bond acceptors (Lipinski definition) is 6. The summed E-state index contributed by atoms with van der Waals surface area (Å²) in [6.07, 6.45) is 0. The van der Waals surface area contributed by atoms with E-state index in [1.54, 1.807) is 29.2 Å². The van der Waals surface area contributed by atoms with E-state index in [2.05, 4.69) is 10.2 Å². The largest absolute Gasteiger partial charge is 0.482 e. The van der Waals surface area contributed by atoms with Gasteiger partial charge in [-0.25, -0.2) is 0 Å². The highest BCUT2D eigenvalue weighted by Crippen LogP contribution is 2.34. The zero-order chi connectivity index (χ0) is 18.6. The fourth-order valence-corrected chi connectivity index (χ4v) is 3.81. The van der Waals surface area contributed by atoms with Crippen molar-refractivity contribution < 1.29 is 19.1 Å². The molecule has 1 aromatic heterocycles. The van der Waals surface area contributed by atoms with Crippen LogP contribution in [0.2, 0.25) is 0 Å². The molecule has 4 rings (SSSR count). The molecule has 2 aromatic rings. The third-order valence-electron chi connectivity index (χ3n) is 4.65. The van der Waals surface area contributed by atoms with Crippen LogP contribution in [0.3, 0.4) is 0 Å². The van der Waals surface area contributed by atoms with Crippen molar-refractivity contribution in [3.05, 3.63) is 40.6 Å². The second-order valence-electron chi connectivity index (χ2n) is 6.40. The SMILES string of the molecule is O=C(Nc1ccc2c(c1)N(CCN1CCOCC1)C(=O)CO2)c1cccs1. The number of nitrogens with one attached hydrogen (secondary N) is 1. The second-order valence-corrected chi connectivity index (χ2v) is 7.35. The molecule has 0 bridgehead atoms. The van der Waals surface area contributed by atoms with E-state index >= 15 is 0 Å². The molecule has 0 atom stereocenters. The summed E-state index contributed by atoms with van der Waals surface area (Å²) in [6.45, 7) is 4.61. The molecular formula is C19H21N3O4S. The zero-order valence-electron chi connectivity index (χ0n) is 14.8. The Labute approximate surface area is 161 Å². The highest BCUT2D eigenvalue weighted by atomic mass is 32.1. The quantitative estimate of drug-likeness (QED) is 0.850. The lowest BCUT2D eigenvalue weighted by molar-refractivity contribution is -0.121. The van der Waals surface area contributed by atoms with E-state index < -0.39 is 0 Å². The Balaban J connectivity index is 1.49. The van der Waals surface area contributed by atoms with Crippen LogP contribution in [0, 0.1) is 0 Å². The molecule has 0 unspecified atom stereocenters. The van der Waals surface area contributed by atoms with Gasteiger partial charge in [0.1, 0.15) is 5.75 Å². The summed E-state index contributed by atoms with van der Waals surface area (Å²) in [7, 11) is 0. The van der Waals surface area contributed by atoms with Crippen LogP contribution in [-0.2, 0) is 9.53 Å². The van der Waals surface area contributed by atoms with Crippen molar-refractivity contribution in [1.29, 1.82) is 0 Å². The number of hydrogen-bond donors (Lipinski definition) is 1. The van der Waals surface area contributed by atoms with Crippen LogP contribution in [0.5, 0.6) is 5.75 Å². The molecule has 1 N–H and O–H groups in total. The van der Waals surface area contributed by atoms with Gasteiger partial charge in [0.2, 0.25) is 0 Å². The van der Waals surface area contributed by atoms with Crippen LogP contribution in [0.4, 0.5) is 11.4 Å². The number of rotatable bonds is 5. The second kappa shape index (κ2) is 8.08. The van der Waals surface area contributed by atoms with Crippen LogP contribution in [-0.4, -0.2) is 62.7 Å². The van der Waals surface area contributed by atoms with E-state index in [4.69, 9.17) is 9.47 Å². The molecule has 27 heavy (non-hydrogen) atoms. The smallest absolute Gasteiger partial charge is 0.265 e. The first-order valence-electron chi connectivity index (χ1n) is 8.93. The summed E-state index contributed by atoms with van der Waals surface area (Å²) < 4.78 is 10.9. The van der Waals surface area contributed by atoms with Crippen molar-refractivity contribution in [3.63, 3.8) is 0 Å². The lowest BCUT2D eigenvalue weighted by Gasteiger charge is -2.33. The van der Waals surface area contributed by atoms with Gasteiger partial charge in [0.05, 0.1) is 23.8 Å². The number of carbonyl (C=O) groups excluding carboxylic acids is 2. The van der Waals surface area contributed by atoms with Crippen LogP contribution < -0.4 is 15.0 Å². The van der Waals surface area contributed by atoms with E-state index in [0.29, 0.717) is 28.5 Å². The fourth-order valence-electron chi connectivity index (χ4n) is 3.19. The van der Waals surface area contributed by atoms with Crippen molar-refractivity contribution in [3.8, 4) is 5.75 Å². The average molecular weight is 387 g/mol. The number of nitrogens with zero attached hydrogens (tertiary/aromatic N) is 2. The van der Waals surface area contributed by atoms with Gasteiger partial charge < -0.3 is 19.7 Å². The van der Waals surface area contributed by atoms with Crippen LogP contribution >= 0.6 is 11.3 Å². The molecule has 0 radical (unpaired) electrons. The summed E-state index contributed by atoms with van der Waals surface area (Å²) in [5.41, 5.74) is 1.34. The number of carbonyl (C=O) groups is 2. The molecule has 142 valence electrons. The zero-order valence-corrected chi connectivity index (χ0v) is 15.7. The van der Waals surface area contributed by atoms with E-state index in [9.17, 15) is 9.59 Å². The molecule has 7 nitrogen and oxygen atoms in total. The van der Waals surface area contributed by atoms with Gasteiger partial charge in [0.15, 0.2) is 6.61 Å². The Bertz CT molecular complexity index is 818. The van der Waals surface area contributed by atoms with Crippen LogP contribution in [0.25, 0.3) is 0 Å². The van der Waals surface area contributed by atoms with Crippen molar-refractivity contribution in [1.82, 2.24) is 4.90 Å². The molecule has 0 aliphatic carbocycles. The molecule has 1 fully saturated rings. The average Bonchev–Trinajstić information content (AvgIpc) is 3.23. The highest BCUT2D eigenvalue weighted by Gasteiger charge is 2.26. The van der Waals surface area contributed by atoms with Gasteiger partial charge >= 0.3 is 0 Å². The van der Waals surface area contributed by atoms with Gasteiger partial charge in [-0.1, -0.05) is 6.07 Å². The molecular weight excluding hydrogens is 366 g/mol. The number of anilines is 2. The van der Waals surface area contributed by atoms with Crippen molar-refractivity contribution in [2.24, 2.45) is 0 Å². The predicted molar refractivity (Wildman–Crippen MR) is 104 cm³/mol. The van der Waals surface area contributed by atoms with Gasteiger partial charge in [0, 0.05) is 31.9 Å². The Hall–Kier alpha value is -2.42. The first-order chi connectivity index (χ1) is 13.2. The van der Waals surface area contributed by atoms with E-state index in [1.807, 2.05) is 11.4 Å². The molecule has 2 aliphatic rings. The molecule has 1 saturated heterocycles. The van der Waals surface area contributed by atoms with Gasteiger partial charge in [-0.2, -0.15) is 0 Å². The fraction of sp³-hybridized carbons (Fsp3) is 0.368. The number of morpholine rings is 1. The monoisotopic (exact) mass is 387 g/mol. The van der Waals surface area contributed by atoms with Crippen LogP contribution in [0.1, 0.15) is 9.67 Å². The minimum atomic E-state index is -0.159. The third kappa shape index (κ3) is 4.13. The molecule has 1 aromatic carbocycles. The Morgan fingerprint density at radius 2 is 2.04 bits per heavy atom. The lowest BCUT2D eigenvalue weighted by Crippen LogP contribution is -2.45. The Morgan fingerprint density at radius 3 is 2.81 bits per heavy atom. The normalized spacial score (nSPS) is 17.3. The summed E-state index contributed by atoms with van der Waals surface area (Å²) >= 11 is 1.39. The first-order valence-corrected chi connectivity index (χ1v) is 9.81. The number of ether oxygens (including phenoxy) is 2. The third-order valence-corrected chi connectivity index (χ3v) is 5.52. The first kappa shape index (κ1) is 18.0. The van der Waals surface area contributed by atoms with Gasteiger partial charge in [-0.15, -0.1) is 11.3 Å². The molecule has 2 aliphatic heterocycles. The molecule has 3 heterocycles. The van der Waals surface area contributed by atoms with Gasteiger partial charge in [-0.05, 0) is 29.6 Å². The lowest BCUT2D eigenvalue weighted by atomic mass is 10.2. The minimum absolute atomic E-state index is 0.0387. The van der Waals surface area contributed by atoms with Crippen LogP contribution in [0.15, 0.2) is 35.7 Å². The maximum absolute atomic E-state index is 12.4. The van der Waals surface area contributed by atoms with Crippen molar-refractivity contribution >= 4 is 34.5 Å². The minimum Gasteiger partial charge on any atom is -0.482 e. The van der Waals surface area contributed by atoms with Crippen molar-refractivity contribution in [2.75, 3.05) is 56.2 Å². The maximum Gasteiger partial charge on any atom is 0.265 e. The van der Waals surface area contributed by atoms with E-state index in [-0.39, 0.29) is 18.4 Å². The Morgan fingerprint density at radius 1 is 1.19 bits per heavy atom. The topological polar surface area (TPSA) is 71.1 Å². The number of amides is 2. The number of fused-ring (bicyclic) bond motifs is 1. The van der Waals surface area contributed by atoms with Gasteiger partial charge in [-0.3, -0.25) is 14.5 Å². The summed E-state index contributed by atoms with van der Waals surface area (Å²) in [4.78, 5) is 29.4. The summed E-state index contributed by atoms with van der Waals surface area (Å²) in [6, 6.07) is 9.01. The maximum atomic E-state index is 12.4. The molecule has 2 amide bonds. The van der Waals surface area contributed by atoms with Gasteiger partial charge in [0.25, 0.3) is 11.8 Å². The summed E-state index contributed by atoms with van der Waals surface area (Å²) in [5.74, 6) is 0.427. The highest BCUT2D eigenvalue weighted by molar-refractivity contribution is 7.12. The number of benzene rings is 1. The predicted octanol–water partition coefficient (Wildman–Crippen LogP) is 2.06. The van der Waals surface area contributed by atoms with E-state index in [1.165, 1.54) is 11.3 Å².